The van der Waals surface area contributed by atoms with Crippen LogP contribution in [-0.4, -0.2) is 109 Å². The Kier molecular flexibility index (Phi) is 8.20. The van der Waals surface area contributed by atoms with E-state index in [0.717, 1.165) is 6.07 Å². The fourth-order valence-electron chi connectivity index (χ4n) is 4.79. The first-order valence-corrected chi connectivity index (χ1v) is 12.7. The Morgan fingerprint density at radius 1 is 0.829 bits per heavy atom. The summed E-state index contributed by atoms with van der Waals surface area (Å²) in [6.45, 7) is 0.733. The van der Waals surface area contributed by atoms with Crippen molar-refractivity contribution in [2.24, 2.45) is 0 Å². The van der Waals surface area contributed by atoms with Crippen molar-refractivity contribution in [3.05, 3.63) is 52.7 Å². The molecule has 3 heterocycles. The molecule has 3 aromatic rings. The van der Waals surface area contributed by atoms with Crippen LogP contribution in [-0.2, 0) is 14.2 Å². The van der Waals surface area contributed by atoms with Gasteiger partial charge < -0.3 is 64.2 Å². The molecule has 10 atom stereocenters. The van der Waals surface area contributed by atoms with Gasteiger partial charge in [-0.1, -0.05) is 0 Å². The number of phenols is 2. The summed E-state index contributed by atoms with van der Waals surface area (Å²) in [6, 6.07) is 9.46. The van der Waals surface area contributed by atoms with Crippen molar-refractivity contribution in [1.82, 2.24) is 0 Å². The van der Waals surface area contributed by atoms with Gasteiger partial charge in [0.25, 0.3) is 0 Å². The summed E-state index contributed by atoms with van der Waals surface area (Å²) in [5.74, 6) is -0.424. The zero-order valence-corrected chi connectivity index (χ0v) is 21.5. The molecule has 0 bridgehead atoms. The number of hydrogen-bond acceptors (Lipinski definition) is 14. The minimum Gasteiger partial charge on any atom is -0.508 e. The summed E-state index contributed by atoms with van der Waals surface area (Å²) in [6.07, 6.45) is -15.4. The fourth-order valence-corrected chi connectivity index (χ4v) is 4.79. The van der Waals surface area contributed by atoms with Crippen LogP contribution in [0, 0.1) is 0 Å². The van der Waals surface area contributed by atoms with Crippen LogP contribution in [0.2, 0.25) is 0 Å². The quantitative estimate of drug-likeness (QED) is 0.174. The van der Waals surface area contributed by atoms with Crippen LogP contribution in [0.15, 0.2) is 51.7 Å². The molecule has 2 aliphatic heterocycles. The maximum absolute atomic E-state index is 12.8. The van der Waals surface area contributed by atoms with Crippen molar-refractivity contribution < 1.29 is 64.2 Å². The Hall–Kier alpha value is -3.31. The average molecular weight is 579 g/mol. The molecule has 0 spiro atoms. The van der Waals surface area contributed by atoms with Gasteiger partial charge in [0.15, 0.2) is 17.8 Å². The minimum absolute atomic E-state index is 0.0136. The summed E-state index contributed by atoms with van der Waals surface area (Å²) in [7, 11) is 0. The lowest BCUT2D eigenvalue weighted by Gasteiger charge is -2.45. The lowest BCUT2D eigenvalue weighted by Crippen LogP contribution is -2.64. The Labute approximate surface area is 231 Å². The minimum atomic E-state index is -1.81. The topological polar surface area (TPSA) is 229 Å². The van der Waals surface area contributed by atoms with E-state index in [1.807, 2.05) is 0 Å². The standard InChI is InChI=1S/C27H30O14/c1-10-20(32)23(35)25(41-26-24(36)22(34)21(33)18(9-28)40-26)27(37-10)38-13-6-14(30)19-15(31)8-16(39-17(19)7-13)11-2-4-12(29)5-3-11/h2-8,10,18,20-30,32-36H,9H2,1H3/t10-,18+,20-,21+,22-,23+,24+,25+,26-,27-/m0/s1. The summed E-state index contributed by atoms with van der Waals surface area (Å²) in [5.41, 5.74) is -0.142. The largest absolute Gasteiger partial charge is 0.508 e. The van der Waals surface area contributed by atoms with Gasteiger partial charge >= 0.3 is 0 Å². The van der Waals surface area contributed by atoms with Crippen LogP contribution in [0.4, 0.5) is 0 Å². The molecule has 2 aliphatic rings. The van der Waals surface area contributed by atoms with Crippen LogP contribution in [0.5, 0.6) is 17.2 Å². The zero-order chi connectivity index (χ0) is 29.6. The van der Waals surface area contributed by atoms with Crippen molar-refractivity contribution >= 4 is 11.0 Å². The average Bonchev–Trinajstić information content (AvgIpc) is 2.93. The molecule has 14 nitrogen and oxygen atoms in total. The van der Waals surface area contributed by atoms with Crippen LogP contribution in [0.1, 0.15) is 6.92 Å². The van der Waals surface area contributed by atoms with E-state index in [0.29, 0.717) is 5.56 Å². The summed E-state index contributed by atoms with van der Waals surface area (Å²) >= 11 is 0. The van der Waals surface area contributed by atoms with Gasteiger partial charge in [0.1, 0.15) is 70.6 Å². The van der Waals surface area contributed by atoms with E-state index < -0.39 is 79.2 Å². The molecule has 0 unspecified atom stereocenters. The van der Waals surface area contributed by atoms with Gasteiger partial charge in [-0.2, -0.15) is 0 Å². The Morgan fingerprint density at radius 2 is 1.54 bits per heavy atom. The van der Waals surface area contributed by atoms with Crippen LogP contribution >= 0.6 is 0 Å². The van der Waals surface area contributed by atoms with E-state index in [4.69, 9.17) is 23.4 Å². The van der Waals surface area contributed by atoms with E-state index in [2.05, 4.69) is 0 Å². The van der Waals surface area contributed by atoms with Crippen molar-refractivity contribution in [2.75, 3.05) is 6.61 Å². The normalized spacial score (nSPS) is 34.0. The molecule has 8 N–H and O–H groups in total. The lowest BCUT2D eigenvalue weighted by molar-refractivity contribution is -0.355. The number of aromatic hydroxyl groups is 2. The van der Waals surface area contributed by atoms with E-state index in [1.54, 1.807) is 0 Å². The first-order chi connectivity index (χ1) is 19.5. The number of aliphatic hydroxyl groups is 6. The van der Waals surface area contributed by atoms with Gasteiger partial charge in [0.2, 0.25) is 6.29 Å². The number of rotatable bonds is 6. The highest BCUT2D eigenvalue weighted by molar-refractivity contribution is 5.86. The number of aliphatic hydroxyl groups excluding tert-OH is 6. The van der Waals surface area contributed by atoms with Gasteiger partial charge in [-0.05, 0) is 31.2 Å². The van der Waals surface area contributed by atoms with Crippen LogP contribution in [0.3, 0.4) is 0 Å². The molecule has 41 heavy (non-hydrogen) atoms. The Bertz CT molecular complexity index is 1420. The van der Waals surface area contributed by atoms with Crippen molar-refractivity contribution in [3.63, 3.8) is 0 Å². The van der Waals surface area contributed by atoms with Crippen LogP contribution in [0.25, 0.3) is 22.3 Å². The highest BCUT2D eigenvalue weighted by atomic mass is 16.8. The molecule has 1 aromatic heterocycles. The van der Waals surface area contributed by atoms with E-state index in [-0.39, 0.29) is 28.2 Å². The van der Waals surface area contributed by atoms with Crippen molar-refractivity contribution in [3.8, 4) is 28.6 Å². The van der Waals surface area contributed by atoms with Crippen LogP contribution < -0.4 is 10.2 Å². The smallest absolute Gasteiger partial charge is 0.229 e. The molecule has 0 saturated carbocycles. The molecule has 0 amide bonds. The predicted molar refractivity (Wildman–Crippen MR) is 137 cm³/mol. The Balaban J connectivity index is 1.46. The van der Waals surface area contributed by atoms with Gasteiger partial charge in [-0.15, -0.1) is 0 Å². The predicted octanol–water partition coefficient (Wildman–Crippen LogP) is -1.10. The van der Waals surface area contributed by atoms with E-state index >= 15 is 0 Å². The SMILES string of the molecule is C[C@@H]1O[C@@H](Oc2cc(O)c3c(=O)cc(-c4ccc(O)cc4)oc3c2)[C@H](O[C@@H]2O[C@H](CO)[C@@H](O)[C@H](O)[C@H]2O)[C@H](O)[C@H]1O. The summed E-state index contributed by atoms with van der Waals surface area (Å²) in [5, 5.41) is 81.2. The van der Waals surface area contributed by atoms with E-state index in [1.165, 1.54) is 43.3 Å². The van der Waals surface area contributed by atoms with Crippen molar-refractivity contribution in [1.29, 1.82) is 0 Å². The molecule has 5 rings (SSSR count). The second-order valence-corrected chi connectivity index (χ2v) is 9.94. The second-order valence-electron chi connectivity index (χ2n) is 9.94. The highest BCUT2D eigenvalue weighted by Crippen LogP contribution is 2.35. The number of benzene rings is 2. The second kappa shape index (κ2) is 11.5. The first-order valence-electron chi connectivity index (χ1n) is 12.7. The third kappa shape index (κ3) is 5.61. The number of fused-ring (bicyclic) bond motifs is 1. The molecule has 2 aromatic carbocycles. The zero-order valence-electron chi connectivity index (χ0n) is 21.5. The third-order valence-corrected chi connectivity index (χ3v) is 7.11. The maximum atomic E-state index is 12.8. The molecule has 0 radical (unpaired) electrons. The number of phenolic OH excluding ortho intramolecular Hbond substituents is 2. The van der Waals surface area contributed by atoms with Gasteiger partial charge in [-0.3, -0.25) is 4.79 Å². The van der Waals surface area contributed by atoms with E-state index in [9.17, 15) is 45.6 Å². The third-order valence-electron chi connectivity index (χ3n) is 7.11. The highest BCUT2D eigenvalue weighted by Gasteiger charge is 2.50. The summed E-state index contributed by atoms with van der Waals surface area (Å²) < 4.78 is 28.4. The molecule has 0 aliphatic carbocycles. The molecule has 14 heteroatoms. The van der Waals surface area contributed by atoms with Gasteiger partial charge in [0, 0.05) is 23.8 Å². The Morgan fingerprint density at radius 3 is 2.22 bits per heavy atom. The monoisotopic (exact) mass is 578 g/mol. The number of hydrogen-bond donors (Lipinski definition) is 8. The summed E-state index contributed by atoms with van der Waals surface area (Å²) in [4.78, 5) is 12.8. The lowest BCUT2D eigenvalue weighted by atomic mass is 9.97. The van der Waals surface area contributed by atoms with Gasteiger partial charge in [-0.25, -0.2) is 0 Å². The fraction of sp³-hybridized carbons (Fsp3) is 0.444. The molecular weight excluding hydrogens is 548 g/mol. The molecule has 222 valence electrons. The van der Waals surface area contributed by atoms with Crippen molar-refractivity contribution in [2.45, 2.75) is 68.3 Å². The molecule has 2 saturated heterocycles. The molecule has 2 fully saturated rings. The number of ether oxygens (including phenoxy) is 4. The van der Waals surface area contributed by atoms with Gasteiger partial charge in [0.05, 0.1) is 12.7 Å². The molecular formula is C27H30O14. The first kappa shape index (κ1) is 29.2. The maximum Gasteiger partial charge on any atom is 0.229 e.